The zero-order chi connectivity index (χ0) is 9.97. The van der Waals surface area contributed by atoms with Gasteiger partial charge in [0.25, 0.3) is 0 Å². The number of H-pyrrole nitrogens is 1. The Morgan fingerprint density at radius 3 is 3.07 bits per heavy atom. The van der Waals surface area contributed by atoms with Crippen molar-refractivity contribution in [1.82, 2.24) is 4.98 Å². The maximum atomic E-state index is 10.1. The number of carbonyl (C=O) groups excluding carboxylic acids is 1. The van der Waals surface area contributed by atoms with Crippen LogP contribution in [0.4, 0.5) is 0 Å². The van der Waals surface area contributed by atoms with E-state index >= 15 is 0 Å². The zero-order valence-corrected chi connectivity index (χ0v) is 7.82. The van der Waals surface area contributed by atoms with E-state index in [1.165, 1.54) is 0 Å². The van der Waals surface area contributed by atoms with E-state index < -0.39 is 0 Å². The first-order valence-electron chi connectivity index (χ1n) is 4.45. The Bertz CT molecular complexity index is 495. The number of aromatic amines is 1. The third kappa shape index (κ3) is 1.45. The van der Waals surface area contributed by atoms with E-state index in [0.717, 1.165) is 16.5 Å². The van der Waals surface area contributed by atoms with Crippen molar-refractivity contribution in [2.75, 3.05) is 0 Å². The van der Waals surface area contributed by atoms with Crippen molar-refractivity contribution in [3.05, 3.63) is 36.0 Å². The van der Waals surface area contributed by atoms with Crippen molar-refractivity contribution in [2.45, 2.75) is 13.0 Å². The lowest BCUT2D eigenvalue weighted by atomic mass is 10.1. The van der Waals surface area contributed by atoms with Gasteiger partial charge in [0.2, 0.25) is 6.08 Å². The molecule has 70 valence electrons. The van der Waals surface area contributed by atoms with Crippen LogP contribution in [0.3, 0.4) is 0 Å². The van der Waals surface area contributed by atoms with Crippen LogP contribution in [0, 0.1) is 0 Å². The molecule has 1 atom stereocenters. The summed E-state index contributed by atoms with van der Waals surface area (Å²) in [5.41, 5.74) is 2.12. The van der Waals surface area contributed by atoms with E-state index in [1.54, 1.807) is 6.08 Å². The van der Waals surface area contributed by atoms with Gasteiger partial charge in [0.1, 0.15) is 0 Å². The summed E-state index contributed by atoms with van der Waals surface area (Å²) in [7, 11) is 0. The van der Waals surface area contributed by atoms with Gasteiger partial charge in [-0.1, -0.05) is 6.07 Å². The van der Waals surface area contributed by atoms with Crippen LogP contribution in [0.15, 0.2) is 35.5 Å². The third-order valence-electron chi connectivity index (χ3n) is 2.31. The SMILES string of the molecule is CC(N=C=O)c1ccc2[nH]ccc2c1. The second-order valence-electron chi connectivity index (χ2n) is 3.22. The summed E-state index contributed by atoms with van der Waals surface area (Å²) < 4.78 is 0. The second-order valence-corrected chi connectivity index (χ2v) is 3.22. The van der Waals surface area contributed by atoms with Gasteiger partial charge < -0.3 is 4.98 Å². The van der Waals surface area contributed by atoms with Gasteiger partial charge in [0, 0.05) is 11.7 Å². The van der Waals surface area contributed by atoms with E-state index in [-0.39, 0.29) is 6.04 Å². The molecule has 1 unspecified atom stereocenters. The molecule has 0 bridgehead atoms. The summed E-state index contributed by atoms with van der Waals surface area (Å²) >= 11 is 0. The number of aliphatic imine (C=N–C) groups is 1. The number of aromatic nitrogens is 1. The summed E-state index contributed by atoms with van der Waals surface area (Å²) in [6.45, 7) is 1.87. The molecule has 2 aromatic rings. The smallest absolute Gasteiger partial charge is 0.235 e. The van der Waals surface area contributed by atoms with Gasteiger partial charge in [-0.05, 0) is 36.1 Å². The lowest BCUT2D eigenvalue weighted by molar-refractivity contribution is 0.559. The van der Waals surface area contributed by atoms with Crippen LogP contribution in [0.1, 0.15) is 18.5 Å². The number of hydrogen-bond donors (Lipinski definition) is 1. The molecule has 2 rings (SSSR count). The Morgan fingerprint density at radius 1 is 1.43 bits per heavy atom. The minimum Gasteiger partial charge on any atom is -0.361 e. The number of hydrogen-bond acceptors (Lipinski definition) is 2. The Morgan fingerprint density at radius 2 is 2.29 bits per heavy atom. The molecule has 0 aliphatic carbocycles. The molecule has 1 N–H and O–H groups in total. The summed E-state index contributed by atoms with van der Waals surface area (Å²) in [5.74, 6) is 0. The maximum absolute atomic E-state index is 10.1. The number of nitrogens with one attached hydrogen (secondary N) is 1. The highest BCUT2D eigenvalue weighted by Gasteiger charge is 2.03. The van der Waals surface area contributed by atoms with E-state index in [9.17, 15) is 4.79 Å². The van der Waals surface area contributed by atoms with Crippen molar-refractivity contribution < 1.29 is 4.79 Å². The van der Waals surface area contributed by atoms with Crippen LogP contribution in [0.25, 0.3) is 10.9 Å². The van der Waals surface area contributed by atoms with Crippen molar-refractivity contribution in [3.8, 4) is 0 Å². The average Bonchev–Trinajstić information content (AvgIpc) is 2.64. The number of rotatable bonds is 2. The maximum Gasteiger partial charge on any atom is 0.235 e. The Labute approximate surface area is 81.5 Å². The molecular weight excluding hydrogens is 176 g/mol. The van der Waals surface area contributed by atoms with Gasteiger partial charge in [0.15, 0.2) is 0 Å². The van der Waals surface area contributed by atoms with Gasteiger partial charge in [-0.3, -0.25) is 0 Å². The van der Waals surface area contributed by atoms with Gasteiger partial charge in [0.05, 0.1) is 6.04 Å². The molecule has 3 heteroatoms. The van der Waals surface area contributed by atoms with Crippen LogP contribution in [0.5, 0.6) is 0 Å². The van der Waals surface area contributed by atoms with Crippen LogP contribution >= 0.6 is 0 Å². The van der Waals surface area contributed by atoms with Crippen LogP contribution in [-0.4, -0.2) is 11.1 Å². The van der Waals surface area contributed by atoms with Crippen molar-refractivity contribution in [1.29, 1.82) is 0 Å². The minimum absolute atomic E-state index is 0.119. The van der Waals surface area contributed by atoms with E-state index in [0.29, 0.717) is 0 Å². The molecule has 0 fully saturated rings. The quantitative estimate of drug-likeness (QED) is 0.568. The molecule has 1 heterocycles. The Balaban J connectivity index is 2.48. The first kappa shape index (κ1) is 8.73. The lowest BCUT2D eigenvalue weighted by Gasteiger charge is -2.03. The largest absolute Gasteiger partial charge is 0.361 e. The highest BCUT2D eigenvalue weighted by molar-refractivity contribution is 5.80. The van der Waals surface area contributed by atoms with Gasteiger partial charge in [-0.25, -0.2) is 4.79 Å². The van der Waals surface area contributed by atoms with Crippen molar-refractivity contribution in [2.24, 2.45) is 4.99 Å². The van der Waals surface area contributed by atoms with E-state index in [2.05, 4.69) is 9.98 Å². The summed E-state index contributed by atoms with van der Waals surface area (Å²) in [4.78, 5) is 16.9. The molecule has 0 radical (unpaired) electrons. The Hall–Kier alpha value is -1.86. The molecule has 0 spiro atoms. The molecule has 0 amide bonds. The van der Waals surface area contributed by atoms with Gasteiger partial charge in [-0.2, -0.15) is 4.99 Å². The standard InChI is InChI=1S/C11H10N2O/c1-8(13-7-14)9-2-3-11-10(6-9)4-5-12-11/h2-6,8,12H,1H3. The third-order valence-corrected chi connectivity index (χ3v) is 2.31. The predicted octanol–water partition coefficient (Wildman–Crippen LogP) is 2.56. The fourth-order valence-electron chi connectivity index (χ4n) is 1.49. The molecule has 0 aliphatic rings. The number of fused-ring (bicyclic) bond motifs is 1. The number of benzene rings is 1. The van der Waals surface area contributed by atoms with Gasteiger partial charge >= 0.3 is 0 Å². The predicted molar refractivity (Wildman–Crippen MR) is 54.8 cm³/mol. The molecule has 0 aliphatic heterocycles. The van der Waals surface area contributed by atoms with Gasteiger partial charge in [-0.15, -0.1) is 0 Å². The molecule has 0 saturated carbocycles. The molecule has 3 nitrogen and oxygen atoms in total. The molecule has 1 aromatic heterocycles. The minimum atomic E-state index is -0.119. The first-order chi connectivity index (χ1) is 6.81. The van der Waals surface area contributed by atoms with E-state index in [1.807, 2.05) is 37.4 Å². The fourth-order valence-corrected chi connectivity index (χ4v) is 1.49. The first-order valence-corrected chi connectivity index (χ1v) is 4.45. The van der Waals surface area contributed by atoms with E-state index in [4.69, 9.17) is 0 Å². The summed E-state index contributed by atoms with van der Waals surface area (Å²) in [6.07, 6.45) is 3.47. The highest BCUT2D eigenvalue weighted by Crippen LogP contribution is 2.21. The molecule has 14 heavy (non-hydrogen) atoms. The van der Waals surface area contributed by atoms with Crippen molar-refractivity contribution >= 4 is 17.0 Å². The van der Waals surface area contributed by atoms with Crippen LogP contribution < -0.4 is 0 Å². The topological polar surface area (TPSA) is 45.2 Å². The zero-order valence-electron chi connectivity index (χ0n) is 7.82. The van der Waals surface area contributed by atoms with Crippen LogP contribution in [0.2, 0.25) is 0 Å². The lowest BCUT2D eigenvalue weighted by Crippen LogP contribution is -1.88. The fraction of sp³-hybridized carbons (Fsp3) is 0.182. The number of isocyanates is 1. The normalized spacial score (nSPS) is 12.4. The monoisotopic (exact) mass is 186 g/mol. The average molecular weight is 186 g/mol. The molecular formula is C11H10N2O. The Kier molecular flexibility index (Phi) is 2.17. The van der Waals surface area contributed by atoms with Crippen molar-refractivity contribution in [3.63, 3.8) is 0 Å². The summed E-state index contributed by atoms with van der Waals surface area (Å²) in [6, 6.07) is 7.85. The molecule has 0 saturated heterocycles. The molecule has 1 aromatic carbocycles. The number of nitrogens with zero attached hydrogens (tertiary/aromatic N) is 1. The summed E-state index contributed by atoms with van der Waals surface area (Å²) in [5, 5.41) is 1.13. The van der Waals surface area contributed by atoms with Crippen LogP contribution in [-0.2, 0) is 4.79 Å². The second kappa shape index (κ2) is 3.48. The highest BCUT2D eigenvalue weighted by atomic mass is 16.1.